The summed E-state index contributed by atoms with van der Waals surface area (Å²) in [4.78, 5) is 12.4. The molecule has 0 aromatic carbocycles. The number of nitrogens with one attached hydrogen (secondary N) is 1. The van der Waals surface area contributed by atoms with Crippen molar-refractivity contribution in [1.82, 2.24) is 24.2 Å². The minimum atomic E-state index is -3.36. The van der Waals surface area contributed by atoms with E-state index in [-0.39, 0.29) is 11.7 Å². The Labute approximate surface area is 147 Å². The van der Waals surface area contributed by atoms with Crippen LogP contribution in [-0.2, 0) is 21.2 Å². The highest BCUT2D eigenvalue weighted by Crippen LogP contribution is 2.22. The van der Waals surface area contributed by atoms with E-state index in [1.807, 2.05) is 35.7 Å². The molecule has 2 aromatic heterocycles. The zero-order valence-electron chi connectivity index (χ0n) is 14.3. The van der Waals surface area contributed by atoms with Crippen molar-refractivity contribution < 1.29 is 13.2 Å². The summed E-state index contributed by atoms with van der Waals surface area (Å²) in [5.74, 6) is 0.617. The normalized spacial score (nSPS) is 18.7. The fourth-order valence-corrected chi connectivity index (χ4v) is 4.93. The standard InChI is InChI=1S/C16H23N5O3S/c1-2-12-25(23,24)21-11-5-6-13(21)16(22)17-9-8-15-19-18-14-7-3-4-10-20(14)15/h3-4,7,10,13H,2,5-6,8-9,11-12H2,1H3,(H,17,22). The molecule has 0 aliphatic carbocycles. The number of pyridine rings is 1. The molecular formula is C16H23N5O3S. The molecule has 1 aliphatic rings. The van der Waals surface area contributed by atoms with Crippen LogP contribution >= 0.6 is 0 Å². The number of sulfonamides is 1. The van der Waals surface area contributed by atoms with E-state index in [1.165, 1.54) is 4.31 Å². The predicted molar refractivity (Wildman–Crippen MR) is 93.5 cm³/mol. The third kappa shape index (κ3) is 3.82. The number of fused-ring (bicyclic) bond motifs is 1. The highest BCUT2D eigenvalue weighted by Gasteiger charge is 2.37. The fraction of sp³-hybridized carbons (Fsp3) is 0.562. The molecule has 9 heteroatoms. The van der Waals surface area contributed by atoms with Gasteiger partial charge in [0.1, 0.15) is 11.9 Å². The number of amides is 1. The summed E-state index contributed by atoms with van der Waals surface area (Å²) in [5, 5.41) is 11.0. The SMILES string of the molecule is CCCS(=O)(=O)N1CCCC1C(=O)NCCc1nnc2ccccn12. The van der Waals surface area contributed by atoms with E-state index in [0.29, 0.717) is 32.4 Å². The lowest BCUT2D eigenvalue weighted by Crippen LogP contribution is -2.47. The van der Waals surface area contributed by atoms with Crippen molar-refractivity contribution in [3.63, 3.8) is 0 Å². The maximum Gasteiger partial charge on any atom is 0.238 e. The van der Waals surface area contributed by atoms with Gasteiger partial charge in [-0.1, -0.05) is 13.0 Å². The minimum Gasteiger partial charge on any atom is -0.354 e. The number of nitrogens with zero attached hydrogens (tertiary/aromatic N) is 4. The topological polar surface area (TPSA) is 96.7 Å². The first-order valence-corrected chi connectivity index (χ1v) is 10.2. The van der Waals surface area contributed by atoms with Gasteiger partial charge in [-0.2, -0.15) is 4.31 Å². The van der Waals surface area contributed by atoms with Crippen molar-refractivity contribution in [1.29, 1.82) is 0 Å². The molecule has 1 atom stereocenters. The first-order chi connectivity index (χ1) is 12.0. The molecule has 0 bridgehead atoms. The largest absolute Gasteiger partial charge is 0.354 e. The summed E-state index contributed by atoms with van der Waals surface area (Å²) in [6, 6.07) is 5.06. The smallest absolute Gasteiger partial charge is 0.238 e. The molecule has 3 rings (SSSR count). The van der Waals surface area contributed by atoms with Crippen molar-refractivity contribution in [3.8, 4) is 0 Å². The van der Waals surface area contributed by atoms with E-state index >= 15 is 0 Å². The number of hydrogen-bond donors (Lipinski definition) is 1. The third-order valence-electron chi connectivity index (χ3n) is 4.36. The number of rotatable bonds is 7. The van der Waals surface area contributed by atoms with E-state index in [2.05, 4.69) is 15.5 Å². The molecule has 1 fully saturated rings. The lowest BCUT2D eigenvalue weighted by Gasteiger charge is -2.23. The Balaban J connectivity index is 1.59. The molecule has 0 saturated carbocycles. The number of aromatic nitrogens is 3. The van der Waals surface area contributed by atoms with Gasteiger partial charge in [0.25, 0.3) is 0 Å². The summed E-state index contributed by atoms with van der Waals surface area (Å²) in [5.41, 5.74) is 0.761. The zero-order chi connectivity index (χ0) is 17.9. The second kappa shape index (κ2) is 7.49. The molecule has 0 radical (unpaired) electrons. The van der Waals surface area contributed by atoms with Gasteiger partial charge in [0.2, 0.25) is 15.9 Å². The van der Waals surface area contributed by atoms with Gasteiger partial charge in [-0.3, -0.25) is 9.20 Å². The van der Waals surface area contributed by atoms with Crippen molar-refractivity contribution in [2.24, 2.45) is 0 Å². The van der Waals surface area contributed by atoms with Crippen LogP contribution in [0.25, 0.3) is 5.65 Å². The van der Waals surface area contributed by atoms with Gasteiger partial charge >= 0.3 is 0 Å². The summed E-state index contributed by atoms with van der Waals surface area (Å²) in [6.07, 6.45) is 4.25. The van der Waals surface area contributed by atoms with Crippen LogP contribution in [0.3, 0.4) is 0 Å². The van der Waals surface area contributed by atoms with Crippen LogP contribution in [0, 0.1) is 0 Å². The molecule has 1 saturated heterocycles. The molecule has 1 unspecified atom stereocenters. The Kier molecular flexibility index (Phi) is 5.33. The van der Waals surface area contributed by atoms with Gasteiger partial charge in [-0.25, -0.2) is 8.42 Å². The van der Waals surface area contributed by atoms with Crippen LogP contribution in [0.2, 0.25) is 0 Å². The summed E-state index contributed by atoms with van der Waals surface area (Å²) < 4.78 is 27.8. The molecule has 3 heterocycles. The summed E-state index contributed by atoms with van der Waals surface area (Å²) in [7, 11) is -3.36. The van der Waals surface area contributed by atoms with Gasteiger partial charge in [-0.05, 0) is 31.4 Å². The van der Waals surface area contributed by atoms with Crippen LogP contribution in [-0.4, -0.2) is 58.1 Å². The number of carbonyl (C=O) groups excluding carboxylic acids is 1. The van der Waals surface area contributed by atoms with E-state index in [0.717, 1.165) is 17.9 Å². The molecule has 1 amide bonds. The first kappa shape index (κ1) is 17.8. The van der Waals surface area contributed by atoms with Crippen LogP contribution in [0.15, 0.2) is 24.4 Å². The Morgan fingerprint density at radius 2 is 2.20 bits per heavy atom. The van der Waals surface area contributed by atoms with E-state index < -0.39 is 16.1 Å². The Morgan fingerprint density at radius 1 is 1.36 bits per heavy atom. The first-order valence-electron chi connectivity index (χ1n) is 8.59. The Hall–Kier alpha value is -2.00. The summed E-state index contributed by atoms with van der Waals surface area (Å²) >= 11 is 0. The van der Waals surface area contributed by atoms with E-state index in [1.54, 1.807) is 0 Å². The highest BCUT2D eigenvalue weighted by molar-refractivity contribution is 7.89. The van der Waals surface area contributed by atoms with Crippen LogP contribution in [0.4, 0.5) is 0 Å². The predicted octanol–water partition coefficient (Wildman–Crippen LogP) is 0.592. The lowest BCUT2D eigenvalue weighted by atomic mass is 10.2. The van der Waals surface area contributed by atoms with Crippen LogP contribution < -0.4 is 5.32 Å². The molecule has 1 N–H and O–H groups in total. The van der Waals surface area contributed by atoms with Gasteiger partial charge in [0.05, 0.1) is 5.75 Å². The quantitative estimate of drug-likeness (QED) is 0.775. The van der Waals surface area contributed by atoms with Gasteiger partial charge in [0, 0.05) is 25.7 Å². The second-order valence-electron chi connectivity index (χ2n) is 6.17. The molecular weight excluding hydrogens is 342 g/mol. The second-order valence-corrected chi connectivity index (χ2v) is 8.21. The van der Waals surface area contributed by atoms with Gasteiger partial charge in [-0.15, -0.1) is 10.2 Å². The van der Waals surface area contributed by atoms with Crippen molar-refractivity contribution in [3.05, 3.63) is 30.2 Å². The number of carbonyl (C=O) groups is 1. The zero-order valence-corrected chi connectivity index (χ0v) is 15.1. The Bertz CT molecular complexity index is 848. The highest BCUT2D eigenvalue weighted by atomic mass is 32.2. The maximum atomic E-state index is 12.4. The van der Waals surface area contributed by atoms with E-state index in [9.17, 15) is 13.2 Å². The minimum absolute atomic E-state index is 0.0858. The monoisotopic (exact) mass is 365 g/mol. The van der Waals surface area contributed by atoms with Crippen LogP contribution in [0.1, 0.15) is 32.0 Å². The average molecular weight is 365 g/mol. The third-order valence-corrected chi connectivity index (χ3v) is 6.43. The van der Waals surface area contributed by atoms with Gasteiger partial charge in [0.15, 0.2) is 5.65 Å². The molecule has 136 valence electrons. The van der Waals surface area contributed by atoms with E-state index in [4.69, 9.17) is 0 Å². The molecule has 1 aliphatic heterocycles. The van der Waals surface area contributed by atoms with Crippen molar-refractivity contribution in [2.75, 3.05) is 18.8 Å². The lowest BCUT2D eigenvalue weighted by molar-refractivity contribution is -0.124. The fourth-order valence-electron chi connectivity index (χ4n) is 3.19. The maximum absolute atomic E-state index is 12.4. The Morgan fingerprint density at radius 3 is 3.00 bits per heavy atom. The summed E-state index contributed by atoms with van der Waals surface area (Å²) in [6.45, 7) is 2.65. The molecule has 2 aromatic rings. The van der Waals surface area contributed by atoms with Gasteiger partial charge < -0.3 is 5.32 Å². The molecule has 0 spiro atoms. The average Bonchev–Trinajstić information content (AvgIpc) is 3.22. The molecule has 25 heavy (non-hydrogen) atoms. The van der Waals surface area contributed by atoms with Crippen molar-refractivity contribution >= 4 is 21.6 Å². The van der Waals surface area contributed by atoms with Crippen LogP contribution in [0.5, 0.6) is 0 Å². The molecule has 8 nitrogen and oxygen atoms in total. The van der Waals surface area contributed by atoms with Crippen molar-refractivity contribution in [2.45, 2.75) is 38.6 Å². The number of hydrogen-bond acceptors (Lipinski definition) is 5.